The van der Waals surface area contributed by atoms with Crippen molar-refractivity contribution in [3.8, 4) is 0 Å². The van der Waals surface area contributed by atoms with Gasteiger partial charge in [0.15, 0.2) is 0 Å². The van der Waals surface area contributed by atoms with Crippen LogP contribution in [0.15, 0.2) is 42.5 Å². The molecule has 1 unspecified atom stereocenters. The fraction of sp³-hybridized carbons (Fsp3) is 0.421. The van der Waals surface area contributed by atoms with Gasteiger partial charge in [0.1, 0.15) is 0 Å². The van der Waals surface area contributed by atoms with Crippen LogP contribution in [0.3, 0.4) is 0 Å². The normalized spacial score (nSPS) is 18.0. The second-order valence-electron chi connectivity index (χ2n) is 6.13. The highest BCUT2D eigenvalue weighted by molar-refractivity contribution is 5.85. The summed E-state index contributed by atoms with van der Waals surface area (Å²) in [6.45, 7) is 2.93. The molecule has 2 aromatic rings. The van der Waals surface area contributed by atoms with Gasteiger partial charge in [-0.15, -0.1) is 0 Å². The summed E-state index contributed by atoms with van der Waals surface area (Å²) in [5.74, 6) is 0.174. The van der Waals surface area contributed by atoms with E-state index in [0.29, 0.717) is 13.0 Å². The Bertz CT molecular complexity index is 660. The number of fused-ring (bicyclic) bond motifs is 1. The summed E-state index contributed by atoms with van der Waals surface area (Å²) >= 11 is 0. The van der Waals surface area contributed by atoms with Crippen LogP contribution < -0.4 is 5.32 Å². The Kier molecular flexibility index (Phi) is 5.26. The number of benzene rings is 2. The van der Waals surface area contributed by atoms with Crippen molar-refractivity contribution in [2.45, 2.75) is 18.9 Å². The lowest BCUT2D eigenvalue weighted by atomic mass is 10.0. The Labute approximate surface area is 137 Å². The standard InChI is InChI=1S/C19H24N2O2/c1-21(19(22)13-17-14-23-12-10-20-17)11-9-16-7-4-6-15-5-2-3-8-18(15)16/h2-8,17,20H,9-14H2,1H3. The van der Waals surface area contributed by atoms with Crippen molar-refractivity contribution in [2.24, 2.45) is 0 Å². The maximum absolute atomic E-state index is 12.3. The van der Waals surface area contributed by atoms with Crippen molar-refractivity contribution in [1.82, 2.24) is 10.2 Å². The van der Waals surface area contributed by atoms with E-state index in [1.165, 1.54) is 16.3 Å². The summed E-state index contributed by atoms with van der Waals surface area (Å²) in [6, 6.07) is 14.9. The van der Waals surface area contributed by atoms with E-state index in [4.69, 9.17) is 4.74 Å². The van der Waals surface area contributed by atoms with E-state index in [0.717, 1.165) is 26.1 Å². The molecule has 0 saturated carbocycles. The number of hydrogen-bond donors (Lipinski definition) is 1. The number of nitrogens with one attached hydrogen (secondary N) is 1. The lowest BCUT2D eigenvalue weighted by molar-refractivity contribution is -0.131. The number of ether oxygens (including phenoxy) is 1. The number of likely N-dealkylation sites (N-methyl/N-ethyl adjacent to an activating group) is 1. The molecule has 0 aliphatic carbocycles. The van der Waals surface area contributed by atoms with Crippen molar-refractivity contribution in [2.75, 3.05) is 33.4 Å². The minimum atomic E-state index is 0.149. The molecule has 1 saturated heterocycles. The molecule has 1 N–H and O–H groups in total. The number of rotatable bonds is 5. The Morgan fingerprint density at radius 2 is 2.09 bits per heavy atom. The average Bonchev–Trinajstić information content (AvgIpc) is 2.60. The number of carbonyl (C=O) groups excluding carboxylic acids is 1. The first-order chi connectivity index (χ1) is 11.2. The van der Waals surface area contributed by atoms with Crippen LogP contribution in [0.4, 0.5) is 0 Å². The van der Waals surface area contributed by atoms with Crippen molar-refractivity contribution >= 4 is 16.7 Å². The van der Waals surface area contributed by atoms with Gasteiger partial charge < -0.3 is 15.0 Å². The number of hydrogen-bond acceptors (Lipinski definition) is 3. The molecule has 0 spiro atoms. The topological polar surface area (TPSA) is 41.6 Å². The zero-order chi connectivity index (χ0) is 16.1. The molecule has 1 aliphatic heterocycles. The van der Waals surface area contributed by atoms with Crippen LogP contribution in [0.2, 0.25) is 0 Å². The highest BCUT2D eigenvalue weighted by Crippen LogP contribution is 2.19. The van der Waals surface area contributed by atoms with Gasteiger partial charge >= 0.3 is 0 Å². The maximum Gasteiger partial charge on any atom is 0.223 e. The molecule has 0 bridgehead atoms. The summed E-state index contributed by atoms with van der Waals surface area (Å²) in [4.78, 5) is 14.2. The van der Waals surface area contributed by atoms with E-state index < -0.39 is 0 Å². The van der Waals surface area contributed by atoms with E-state index in [9.17, 15) is 4.79 Å². The molecule has 1 fully saturated rings. The lowest BCUT2D eigenvalue weighted by Gasteiger charge is -2.25. The van der Waals surface area contributed by atoms with Gasteiger partial charge in [-0.3, -0.25) is 4.79 Å². The predicted octanol–water partition coefficient (Wildman–Crippen LogP) is 2.22. The van der Waals surface area contributed by atoms with Gasteiger partial charge in [0.05, 0.1) is 13.2 Å². The first-order valence-electron chi connectivity index (χ1n) is 8.26. The van der Waals surface area contributed by atoms with Gasteiger partial charge in [0.25, 0.3) is 0 Å². The first-order valence-corrected chi connectivity index (χ1v) is 8.26. The second kappa shape index (κ2) is 7.57. The summed E-state index contributed by atoms with van der Waals surface area (Å²) in [6.07, 6.45) is 1.38. The number of nitrogens with zero attached hydrogens (tertiary/aromatic N) is 1. The fourth-order valence-corrected chi connectivity index (χ4v) is 3.04. The Hall–Kier alpha value is -1.91. The summed E-state index contributed by atoms with van der Waals surface area (Å²) in [5, 5.41) is 5.86. The molecule has 1 aliphatic rings. The number of morpholine rings is 1. The Morgan fingerprint density at radius 3 is 2.91 bits per heavy atom. The van der Waals surface area contributed by atoms with Gasteiger partial charge in [-0.25, -0.2) is 0 Å². The van der Waals surface area contributed by atoms with Crippen molar-refractivity contribution in [3.63, 3.8) is 0 Å². The highest BCUT2D eigenvalue weighted by Gasteiger charge is 2.19. The Balaban J connectivity index is 1.57. The molecule has 4 heteroatoms. The molecular formula is C19H24N2O2. The largest absolute Gasteiger partial charge is 0.378 e. The summed E-state index contributed by atoms with van der Waals surface area (Å²) in [7, 11) is 1.89. The van der Waals surface area contributed by atoms with Gasteiger partial charge in [0.2, 0.25) is 5.91 Å². The maximum atomic E-state index is 12.3. The number of carbonyl (C=O) groups is 1. The average molecular weight is 312 g/mol. The summed E-state index contributed by atoms with van der Waals surface area (Å²) < 4.78 is 5.41. The van der Waals surface area contributed by atoms with Gasteiger partial charge in [-0.2, -0.15) is 0 Å². The van der Waals surface area contributed by atoms with Crippen molar-refractivity contribution in [3.05, 3.63) is 48.0 Å². The van der Waals surface area contributed by atoms with Crippen LogP contribution in [-0.2, 0) is 16.0 Å². The van der Waals surface area contributed by atoms with Crippen LogP contribution in [0, 0.1) is 0 Å². The second-order valence-corrected chi connectivity index (χ2v) is 6.13. The fourth-order valence-electron chi connectivity index (χ4n) is 3.04. The molecule has 1 atom stereocenters. The van der Waals surface area contributed by atoms with E-state index in [2.05, 4.69) is 47.8 Å². The van der Waals surface area contributed by atoms with E-state index in [1.807, 2.05) is 11.9 Å². The molecule has 3 rings (SSSR count). The zero-order valence-corrected chi connectivity index (χ0v) is 13.6. The smallest absolute Gasteiger partial charge is 0.223 e. The minimum Gasteiger partial charge on any atom is -0.378 e. The molecular weight excluding hydrogens is 288 g/mol. The molecule has 0 radical (unpaired) electrons. The van der Waals surface area contributed by atoms with Crippen LogP contribution in [0.5, 0.6) is 0 Å². The lowest BCUT2D eigenvalue weighted by Crippen LogP contribution is -2.44. The third-order valence-corrected chi connectivity index (χ3v) is 4.44. The molecule has 1 heterocycles. The predicted molar refractivity (Wildman–Crippen MR) is 92.5 cm³/mol. The highest BCUT2D eigenvalue weighted by atomic mass is 16.5. The van der Waals surface area contributed by atoms with Gasteiger partial charge in [-0.1, -0.05) is 42.5 Å². The molecule has 23 heavy (non-hydrogen) atoms. The monoisotopic (exact) mass is 312 g/mol. The molecule has 122 valence electrons. The van der Waals surface area contributed by atoms with E-state index in [1.54, 1.807) is 0 Å². The van der Waals surface area contributed by atoms with Crippen molar-refractivity contribution in [1.29, 1.82) is 0 Å². The van der Waals surface area contributed by atoms with Gasteiger partial charge in [0, 0.05) is 32.6 Å². The van der Waals surface area contributed by atoms with Crippen molar-refractivity contribution < 1.29 is 9.53 Å². The number of amides is 1. The quantitative estimate of drug-likeness (QED) is 0.920. The van der Waals surface area contributed by atoms with Crippen LogP contribution in [0.1, 0.15) is 12.0 Å². The third-order valence-electron chi connectivity index (χ3n) is 4.44. The molecule has 1 amide bonds. The molecule has 2 aromatic carbocycles. The first kappa shape index (κ1) is 16.0. The van der Waals surface area contributed by atoms with E-state index in [-0.39, 0.29) is 11.9 Å². The zero-order valence-electron chi connectivity index (χ0n) is 13.6. The van der Waals surface area contributed by atoms with Gasteiger partial charge in [-0.05, 0) is 22.8 Å². The third kappa shape index (κ3) is 4.09. The molecule has 0 aromatic heterocycles. The SMILES string of the molecule is CN(CCc1cccc2ccccc12)C(=O)CC1COCCN1. The summed E-state index contributed by atoms with van der Waals surface area (Å²) in [5.41, 5.74) is 1.29. The molecule has 4 nitrogen and oxygen atoms in total. The van der Waals surface area contributed by atoms with Crippen LogP contribution in [0.25, 0.3) is 10.8 Å². The minimum absolute atomic E-state index is 0.149. The van der Waals surface area contributed by atoms with Crippen LogP contribution in [-0.4, -0.2) is 50.2 Å². The van der Waals surface area contributed by atoms with Crippen LogP contribution >= 0.6 is 0 Å². The van der Waals surface area contributed by atoms with E-state index >= 15 is 0 Å². The Morgan fingerprint density at radius 1 is 1.26 bits per heavy atom.